The predicted molar refractivity (Wildman–Crippen MR) is 153 cm³/mol. The number of likely N-dealkylation sites (tertiary alicyclic amines) is 1. The van der Waals surface area contributed by atoms with Crippen molar-refractivity contribution in [2.75, 3.05) is 13.1 Å². The number of H-pyrrole nitrogens is 1. The molecule has 2 aromatic carbocycles. The number of rotatable bonds is 10. The number of hydrogen-bond acceptors (Lipinski definition) is 5. The quantitative estimate of drug-likeness (QED) is 0.317. The van der Waals surface area contributed by atoms with Crippen LogP contribution in [0.3, 0.4) is 0 Å². The number of carbonyl (C=O) groups is 4. The molecular formula is C31H38N4O5. The van der Waals surface area contributed by atoms with E-state index in [0.29, 0.717) is 24.9 Å². The number of nitrogens with zero attached hydrogens (tertiary/aromatic N) is 1. The summed E-state index contributed by atoms with van der Waals surface area (Å²) in [5.41, 5.74) is 1.88. The standard InChI is InChI=1S/C31H38N4O5/c1-5-6-12-25(27(36)28(37)33-20(2)21-10-8-7-9-11-21)34-30(39)40-26-18-35(19-31(26,3)4)29(38)23-13-14-24-22(17-23)15-16-32-24/h7-11,13-17,20,25-26,32H,5-6,12,18-19H2,1-4H3,(H,33,37)(H,34,39)/t20-,25+,26+/m1/s1. The minimum atomic E-state index is -1.01. The number of aromatic nitrogens is 1. The maximum atomic E-state index is 13.3. The number of ketones is 1. The lowest BCUT2D eigenvalue weighted by Crippen LogP contribution is -2.49. The van der Waals surface area contributed by atoms with Gasteiger partial charge in [0.1, 0.15) is 12.1 Å². The van der Waals surface area contributed by atoms with Crippen LogP contribution in [0, 0.1) is 5.41 Å². The minimum absolute atomic E-state index is 0.136. The topological polar surface area (TPSA) is 121 Å². The number of ether oxygens (including phenoxy) is 1. The minimum Gasteiger partial charge on any atom is -0.444 e. The molecule has 0 aliphatic carbocycles. The Balaban J connectivity index is 1.37. The average Bonchev–Trinajstić information content (AvgIpc) is 3.53. The SMILES string of the molecule is CCCC[C@H](NC(=O)O[C@H]1CN(C(=O)c2ccc3[nH]ccc3c2)CC1(C)C)C(=O)C(=O)N[C@H](C)c1ccccc1. The summed E-state index contributed by atoms with van der Waals surface area (Å²) in [6.45, 7) is 8.28. The van der Waals surface area contributed by atoms with Gasteiger partial charge >= 0.3 is 6.09 Å². The first-order chi connectivity index (χ1) is 19.1. The zero-order valence-corrected chi connectivity index (χ0v) is 23.5. The Bertz CT molecular complexity index is 1370. The number of nitrogens with one attached hydrogen (secondary N) is 3. The normalized spacial score (nSPS) is 17.7. The first-order valence-electron chi connectivity index (χ1n) is 13.8. The van der Waals surface area contributed by atoms with Gasteiger partial charge in [-0.2, -0.15) is 0 Å². The van der Waals surface area contributed by atoms with Crippen LogP contribution in [0.25, 0.3) is 10.9 Å². The highest BCUT2D eigenvalue weighted by atomic mass is 16.6. The molecule has 1 aromatic heterocycles. The van der Waals surface area contributed by atoms with Crippen LogP contribution in [-0.2, 0) is 14.3 Å². The average molecular weight is 547 g/mol. The van der Waals surface area contributed by atoms with Crippen molar-refractivity contribution in [3.63, 3.8) is 0 Å². The summed E-state index contributed by atoms with van der Waals surface area (Å²) in [7, 11) is 0. The van der Waals surface area contributed by atoms with Gasteiger partial charge in [0.25, 0.3) is 11.8 Å². The summed E-state index contributed by atoms with van der Waals surface area (Å²) in [6, 6.07) is 15.4. The van der Waals surface area contributed by atoms with Gasteiger partial charge in [-0.15, -0.1) is 0 Å². The monoisotopic (exact) mass is 546 g/mol. The Labute approximate surface area is 234 Å². The fourth-order valence-electron chi connectivity index (χ4n) is 5.06. The second-order valence-electron chi connectivity index (χ2n) is 11.2. The molecule has 4 rings (SSSR count). The summed E-state index contributed by atoms with van der Waals surface area (Å²) in [5.74, 6) is -1.60. The van der Waals surface area contributed by atoms with Gasteiger partial charge in [-0.1, -0.05) is 63.9 Å². The van der Waals surface area contributed by atoms with E-state index in [1.54, 1.807) is 17.9 Å². The lowest BCUT2D eigenvalue weighted by Gasteiger charge is -2.26. The lowest BCUT2D eigenvalue weighted by molar-refractivity contribution is -0.139. The molecule has 212 valence electrons. The Morgan fingerprint density at radius 1 is 1.07 bits per heavy atom. The van der Waals surface area contributed by atoms with Gasteiger partial charge in [0, 0.05) is 34.6 Å². The number of unbranched alkanes of at least 4 members (excludes halogenated alkanes) is 1. The molecule has 3 N–H and O–H groups in total. The molecule has 0 spiro atoms. The number of amides is 3. The molecule has 40 heavy (non-hydrogen) atoms. The number of fused-ring (bicyclic) bond motifs is 1. The molecule has 1 saturated heterocycles. The first-order valence-corrected chi connectivity index (χ1v) is 13.8. The van der Waals surface area contributed by atoms with E-state index in [0.717, 1.165) is 22.9 Å². The zero-order chi connectivity index (χ0) is 28.9. The summed E-state index contributed by atoms with van der Waals surface area (Å²) in [5, 5.41) is 6.30. The van der Waals surface area contributed by atoms with Gasteiger partial charge in [0.2, 0.25) is 5.78 Å². The van der Waals surface area contributed by atoms with Gasteiger partial charge in [-0.25, -0.2) is 4.79 Å². The lowest BCUT2D eigenvalue weighted by atomic mass is 9.90. The molecule has 3 atom stereocenters. The van der Waals surface area contributed by atoms with Crippen molar-refractivity contribution in [2.24, 2.45) is 5.41 Å². The van der Waals surface area contributed by atoms with E-state index in [1.807, 2.05) is 75.5 Å². The van der Waals surface area contributed by atoms with Gasteiger partial charge in [0.05, 0.1) is 12.6 Å². The maximum absolute atomic E-state index is 13.3. The molecule has 9 nitrogen and oxygen atoms in total. The van der Waals surface area contributed by atoms with Crippen LogP contribution in [0.4, 0.5) is 4.79 Å². The van der Waals surface area contributed by atoms with Crippen molar-refractivity contribution in [1.82, 2.24) is 20.5 Å². The molecule has 3 amide bonds. The summed E-state index contributed by atoms with van der Waals surface area (Å²) >= 11 is 0. The van der Waals surface area contributed by atoms with Crippen molar-refractivity contribution >= 4 is 34.6 Å². The largest absolute Gasteiger partial charge is 0.444 e. The maximum Gasteiger partial charge on any atom is 0.408 e. The predicted octanol–water partition coefficient (Wildman–Crippen LogP) is 4.75. The molecule has 0 radical (unpaired) electrons. The van der Waals surface area contributed by atoms with E-state index >= 15 is 0 Å². The summed E-state index contributed by atoms with van der Waals surface area (Å²) < 4.78 is 5.76. The highest BCUT2D eigenvalue weighted by molar-refractivity contribution is 6.38. The molecule has 2 heterocycles. The number of aromatic amines is 1. The van der Waals surface area contributed by atoms with Crippen molar-refractivity contribution in [3.05, 3.63) is 71.9 Å². The number of hydrogen-bond donors (Lipinski definition) is 3. The Morgan fingerprint density at radius 3 is 2.55 bits per heavy atom. The van der Waals surface area contributed by atoms with Crippen molar-refractivity contribution in [1.29, 1.82) is 0 Å². The van der Waals surface area contributed by atoms with E-state index in [1.165, 1.54) is 0 Å². The number of carbonyl (C=O) groups excluding carboxylic acids is 4. The van der Waals surface area contributed by atoms with E-state index in [-0.39, 0.29) is 18.5 Å². The second-order valence-corrected chi connectivity index (χ2v) is 11.2. The van der Waals surface area contributed by atoms with Crippen molar-refractivity contribution in [3.8, 4) is 0 Å². The van der Waals surface area contributed by atoms with Crippen LogP contribution in [-0.4, -0.2) is 58.8 Å². The smallest absolute Gasteiger partial charge is 0.408 e. The molecule has 0 unspecified atom stereocenters. The highest BCUT2D eigenvalue weighted by Crippen LogP contribution is 2.33. The van der Waals surface area contributed by atoms with E-state index in [9.17, 15) is 19.2 Å². The van der Waals surface area contributed by atoms with Crippen LogP contribution < -0.4 is 10.6 Å². The molecule has 9 heteroatoms. The van der Waals surface area contributed by atoms with Gasteiger partial charge in [0.15, 0.2) is 0 Å². The number of benzene rings is 2. The van der Waals surface area contributed by atoms with E-state index in [4.69, 9.17) is 4.74 Å². The zero-order valence-electron chi connectivity index (χ0n) is 23.5. The molecular weight excluding hydrogens is 508 g/mol. The Kier molecular flexibility index (Phi) is 8.92. The third kappa shape index (κ3) is 6.70. The van der Waals surface area contributed by atoms with Gasteiger partial charge in [-0.05, 0) is 43.2 Å². The number of alkyl carbamates (subject to hydrolysis) is 1. The fourth-order valence-corrected chi connectivity index (χ4v) is 5.06. The van der Waals surface area contributed by atoms with Gasteiger partial charge < -0.3 is 25.3 Å². The van der Waals surface area contributed by atoms with Crippen LogP contribution >= 0.6 is 0 Å². The van der Waals surface area contributed by atoms with Crippen LogP contribution in [0.2, 0.25) is 0 Å². The summed E-state index contributed by atoms with van der Waals surface area (Å²) in [4.78, 5) is 56.9. The Hall–Kier alpha value is -4.14. The van der Waals surface area contributed by atoms with Crippen molar-refractivity contribution < 1.29 is 23.9 Å². The molecule has 0 saturated carbocycles. The summed E-state index contributed by atoms with van der Waals surface area (Å²) in [6.07, 6.45) is 2.23. The first kappa shape index (κ1) is 28.9. The molecule has 1 aliphatic rings. The third-order valence-corrected chi connectivity index (χ3v) is 7.52. The molecule has 1 aliphatic heterocycles. The molecule has 0 bridgehead atoms. The highest BCUT2D eigenvalue weighted by Gasteiger charge is 2.44. The molecule has 3 aromatic rings. The van der Waals surface area contributed by atoms with Crippen LogP contribution in [0.5, 0.6) is 0 Å². The van der Waals surface area contributed by atoms with Crippen molar-refractivity contribution in [2.45, 2.75) is 65.1 Å². The second kappa shape index (κ2) is 12.4. The van der Waals surface area contributed by atoms with Crippen LogP contribution in [0.15, 0.2) is 60.8 Å². The van der Waals surface area contributed by atoms with E-state index < -0.39 is 35.3 Å². The third-order valence-electron chi connectivity index (χ3n) is 7.52. The fraction of sp³-hybridized carbons (Fsp3) is 0.419. The molecule has 1 fully saturated rings. The number of Topliss-reactive ketones (excluding diaryl/α,β-unsaturated/α-hetero) is 1. The van der Waals surface area contributed by atoms with Gasteiger partial charge in [-0.3, -0.25) is 14.4 Å². The van der Waals surface area contributed by atoms with E-state index in [2.05, 4.69) is 15.6 Å². The Morgan fingerprint density at radius 2 is 1.82 bits per heavy atom. The van der Waals surface area contributed by atoms with Crippen LogP contribution in [0.1, 0.15) is 68.9 Å².